The fraction of sp³-hybridized carbons (Fsp3) is 0.238. The number of carbonyl (C=O) groups is 1. The van der Waals surface area contributed by atoms with Gasteiger partial charge in [0.2, 0.25) is 0 Å². The van der Waals surface area contributed by atoms with E-state index in [1.165, 1.54) is 26.4 Å². The van der Waals surface area contributed by atoms with Gasteiger partial charge in [-0.15, -0.1) is 0 Å². The molecule has 1 atom stereocenters. The maximum Gasteiger partial charge on any atom is 0.273 e. The number of nitrogens with one attached hydrogen (secondary N) is 1. The molecule has 158 valence electrons. The highest BCUT2D eigenvalue weighted by Crippen LogP contribution is 2.33. The van der Waals surface area contributed by atoms with Gasteiger partial charge < -0.3 is 24.1 Å². The Hall–Kier alpha value is -3.62. The van der Waals surface area contributed by atoms with Gasteiger partial charge in [-0.05, 0) is 37.3 Å². The number of ether oxygens (including phenoxy) is 3. The molecule has 3 aromatic rings. The van der Waals surface area contributed by atoms with Crippen molar-refractivity contribution in [3.63, 3.8) is 0 Å². The van der Waals surface area contributed by atoms with Crippen molar-refractivity contribution < 1.29 is 32.3 Å². The van der Waals surface area contributed by atoms with Gasteiger partial charge in [0.1, 0.15) is 23.9 Å². The number of hydrogen-bond donors (Lipinski definition) is 1. The molecule has 2 aromatic carbocycles. The number of amides is 1. The molecule has 3 rings (SSSR count). The molecule has 7 nitrogen and oxygen atoms in total. The first-order chi connectivity index (χ1) is 14.4. The van der Waals surface area contributed by atoms with Crippen LogP contribution in [0.5, 0.6) is 17.2 Å². The quantitative estimate of drug-likeness (QED) is 0.599. The SMILES string of the molecule is COc1ccc(OC)c(-c2cc(C(=O)NC(C)COc3ccc(F)cc3F)no2)c1. The van der Waals surface area contributed by atoms with Gasteiger partial charge in [-0.1, -0.05) is 5.16 Å². The van der Waals surface area contributed by atoms with E-state index < -0.39 is 23.6 Å². The summed E-state index contributed by atoms with van der Waals surface area (Å²) < 4.78 is 47.6. The van der Waals surface area contributed by atoms with Crippen LogP contribution in [0.3, 0.4) is 0 Å². The van der Waals surface area contributed by atoms with Crippen molar-refractivity contribution in [3.8, 4) is 28.6 Å². The number of halogens is 2. The molecule has 1 amide bonds. The first-order valence-electron chi connectivity index (χ1n) is 8.99. The Labute approximate surface area is 171 Å². The van der Waals surface area contributed by atoms with E-state index in [-0.39, 0.29) is 18.1 Å². The number of carbonyl (C=O) groups excluding carboxylic acids is 1. The van der Waals surface area contributed by atoms with Gasteiger partial charge >= 0.3 is 0 Å². The van der Waals surface area contributed by atoms with Crippen LogP contribution in [0.1, 0.15) is 17.4 Å². The van der Waals surface area contributed by atoms with Crippen LogP contribution in [-0.4, -0.2) is 37.9 Å². The number of methoxy groups -OCH3 is 2. The van der Waals surface area contributed by atoms with E-state index >= 15 is 0 Å². The lowest BCUT2D eigenvalue weighted by atomic mass is 10.1. The average molecular weight is 418 g/mol. The summed E-state index contributed by atoms with van der Waals surface area (Å²) in [6.07, 6.45) is 0. The zero-order valence-electron chi connectivity index (χ0n) is 16.6. The zero-order valence-corrected chi connectivity index (χ0v) is 16.6. The van der Waals surface area contributed by atoms with Gasteiger partial charge in [0.15, 0.2) is 23.0 Å². The second kappa shape index (κ2) is 9.25. The van der Waals surface area contributed by atoms with E-state index in [9.17, 15) is 13.6 Å². The highest BCUT2D eigenvalue weighted by Gasteiger charge is 2.19. The predicted octanol–water partition coefficient (Wildman–Crippen LogP) is 3.83. The highest BCUT2D eigenvalue weighted by molar-refractivity contribution is 5.93. The average Bonchev–Trinajstić information content (AvgIpc) is 3.23. The molecule has 1 heterocycles. The molecule has 0 aliphatic rings. The van der Waals surface area contributed by atoms with Crippen molar-refractivity contribution in [2.75, 3.05) is 20.8 Å². The van der Waals surface area contributed by atoms with Crippen LogP contribution in [0, 0.1) is 11.6 Å². The first-order valence-corrected chi connectivity index (χ1v) is 8.99. The van der Waals surface area contributed by atoms with Crippen LogP contribution >= 0.6 is 0 Å². The minimum atomic E-state index is -0.818. The summed E-state index contributed by atoms with van der Waals surface area (Å²) in [6, 6.07) is 9.14. The molecule has 0 radical (unpaired) electrons. The third-order valence-corrected chi connectivity index (χ3v) is 4.18. The normalized spacial score (nSPS) is 11.6. The van der Waals surface area contributed by atoms with E-state index in [1.807, 2.05) is 0 Å². The predicted molar refractivity (Wildman–Crippen MR) is 104 cm³/mol. The van der Waals surface area contributed by atoms with Crippen molar-refractivity contribution in [1.29, 1.82) is 0 Å². The lowest BCUT2D eigenvalue weighted by Crippen LogP contribution is -2.37. The molecule has 0 aliphatic heterocycles. The summed E-state index contributed by atoms with van der Waals surface area (Å²) in [5.74, 6) is -0.673. The summed E-state index contributed by atoms with van der Waals surface area (Å²) in [4.78, 5) is 12.4. The fourth-order valence-electron chi connectivity index (χ4n) is 2.66. The van der Waals surface area contributed by atoms with Crippen molar-refractivity contribution in [3.05, 3.63) is 59.8 Å². The molecule has 0 fully saturated rings. The van der Waals surface area contributed by atoms with Crippen LogP contribution in [0.25, 0.3) is 11.3 Å². The second-order valence-corrected chi connectivity index (χ2v) is 6.40. The van der Waals surface area contributed by atoms with Crippen molar-refractivity contribution in [2.45, 2.75) is 13.0 Å². The fourth-order valence-corrected chi connectivity index (χ4v) is 2.66. The molecule has 1 N–H and O–H groups in total. The highest BCUT2D eigenvalue weighted by atomic mass is 19.1. The molecular formula is C21H20F2N2O5. The van der Waals surface area contributed by atoms with Crippen molar-refractivity contribution in [2.24, 2.45) is 0 Å². The molecule has 0 saturated carbocycles. The molecule has 30 heavy (non-hydrogen) atoms. The summed E-state index contributed by atoms with van der Waals surface area (Å²) in [7, 11) is 3.05. The third kappa shape index (κ3) is 4.86. The van der Waals surface area contributed by atoms with Gasteiger partial charge in [0.25, 0.3) is 5.91 Å². The van der Waals surface area contributed by atoms with E-state index in [1.54, 1.807) is 25.1 Å². The third-order valence-electron chi connectivity index (χ3n) is 4.18. The van der Waals surface area contributed by atoms with Crippen molar-refractivity contribution in [1.82, 2.24) is 10.5 Å². The maximum atomic E-state index is 13.6. The summed E-state index contributed by atoms with van der Waals surface area (Å²) in [5, 5.41) is 6.47. The first kappa shape index (κ1) is 21.1. The molecular weight excluding hydrogens is 398 g/mol. The monoisotopic (exact) mass is 418 g/mol. The summed E-state index contributed by atoms with van der Waals surface area (Å²) in [6.45, 7) is 1.65. The van der Waals surface area contributed by atoms with Crippen LogP contribution in [-0.2, 0) is 0 Å². The Morgan fingerprint density at radius 2 is 1.87 bits per heavy atom. The second-order valence-electron chi connectivity index (χ2n) is 6.40. The molecule has 0 saturated heterocycles. The summed E-state index contributed by atoms with van der Waals surface area (Å²) in [5.41, 5.74) is 0.626. The van der Waals surface area contributed by atoms with Crippen LogP contribution in [0.2, 0.25) is 0 Å². The maximum absolute atomic E-state index is 13.6. The van der Waals surface area contributed by atoms with Gasteiger partial charge in [-0.2, -0.15) is 0 Å². The largest absolute Gasteiger partial charge is 0.497 e. The smallest absolute Gasteiger partial charge is 0.273 e. The molecule has 0 spiro atoms. The number of rotatable bonds is 8. The Morgan fingerprint density at radius 3 is 2.57 bits per heavy atom. The van der Waals surface area contributed by atoms with E-state index in [0.29, 0.717) is 22.8 Å². The topological polar surface area (TPSA) is 82.8 Å². The number of benzene rings is 2. The Bertz CT molecular complexity index is 1040. The van der Waals surface area contributed by atoms with Gasteiger partial charge in [-0.3, -0.25) is 4.79 Å². The molecule has 1 unspecified atom stereocenters. The minimum Gasteiger partial charge on any atom is -0.497 e. The lowest BCUT2D eigenvalue weighted by Gasteiger charge is -2.14. The van der Waals surface area contributed by atoms with Gasteiger partial charge in [0.05, 0.1) is 25.8 Å². The Morgan fingerprint density at radius 1 is 1.10 bits per heavy atom. The van der Waals surface area contributed by atoms with Crippen LogP contribution in [0.15, 0.2) is 47.0 Å². The molecule has 0 aliphatic carbocycles. The molecule has 1 aromatic heterocycles. The van der Waals surface area contributed by atoms with Gasteiger partial charge in [0, 0.05) is 12.1 Å². The number of hydrogen-bond acceptors (Lipinski definition) is 6. The Kier molecular flexibility index (Phi) is 6.51. The van der Waals surface area contributed by atoms with Crippen LogP contribution < -0.4 is 19.5 Å². The van der Waals surface area contributed by atoms with E-state index in [2.05, 4.69) is 10.5 Å². The zero-order chi connectivity index (χ0) is 21.7. The van der Waals surface area contributed by atoms with Gasteiger partial charge in [-0.25, -0.2) is 8.78 Å². The molecule has 0 bridgehead atoms. The van der Waals surface area contributed by atoms with Crippen LogP contribution in [0.4, 0.5) is 8.78 Å². The lowest BCUT2D eigenvalue weighted by molar-refractivity contribution is 0.0917. The molecule has 9 heteroatoms. The minimum absolute atomic E-state index is 0.0251. The summed E-state index contributed by atoms with van der Waals surface area (Å²) >= 11 is 0. The van der Waals surface area contributed by atoms with E-state index in [0.717, 1.165) is 12.1 Å². The number of nitrogens with zero attached hydrogens (tertiary/aromatic N) is 1. The number of aromatic nitrogens is 1. The van der Waals surface area contributed by atoms with Crippen molar-refractivity contribution >= 4 is 5.91 Å². The van der Waals surface area contributed by atoms with E-state index in [4.69, 9.17) is 18.7 Å². The Balaban J connectivity index is 1.65. The standard InChI is InChI=1S/C21H20F2N2O5/c1-12(11-29-19-6-4-13(22)8-16(19)23)24-21(26)17-10-20(30-25-17)15-9-14(27-2)5-7-18(15)28-3/h4-10,12H,11H2,1-3H3,(H,24,26).